The molecule has 1 aliphatic carbocycles. The van der Waals surface area contributed by atoms with E-state index in [1.165, 1.54) is 0 Å². The molecule has 1 aliphatic heterocycles. The number of quaternary nitrogens is 1. The van der Waals surface area contributed by atoms with Gasteiger partial charge in [0.15, 0.2) is 11.7 Å². The number of hydrogen-bond acceptors (Lipinski definition) is 4. The minimum Gasteiger partial charge on any atom is -0.454 e. The van der Waals surface area contributed by atoms with Crippen molar-refractivity contribution in [2.24, 2.45) is 5.92 Å². The fraction of sp³-hybridized carbons (Fsp3) is 0.556. The first-order valence-corrected chi connectivity index (χ1v) is 12.2. The predicted octanol–water partition coefficient (Wildman–Crippen LogP) is 4.24. The highest BCUT2D eigenvalue weighted by atomic mass is 16.6. The predicted molar refractivity (Wildman–Crippen MR) is 125 cm³/mol. The summed E-state index contributed by atoms with van der Waals surface area (Å²) >= 11 is 0. The maximum atomic E-state index is 13.4. The molecule has 1 saturated heterocycles. The van der Waals surface area contributed by atoms with Crippen LogP contribution in [0, 0.1) is 5.92 Å². The van der Waals surface area contributed by atoms with Crippen molar-refractivity contribution in [1.82, 2.24) is 4.98 Å². The van der Waals surface area contributed by atoms with E-state index in [4.69, 9.17) is 4.74 Å². The Labute approximate surface area is 192 Å². The summed E-state index contributed by atoms with van der Waals surface area (Å²) in [5.74, 6) is -0.525. The number of aliphatic hydroxyl groups is 1. The number of piperidine rings is 1. The molecule has 32 heavy (non-hydrogen) atoms. The maximum Gasteiger partial charge on any atom is 0.343 e. The molecule has 5 nitrogen and oxygen atoms in total. The Kier molecular flexibility index (Phi) is 7.27. The molecule has 0 spiro atoms. The van der Waals surface area contributed by atoms with Gasteiger partial charge < -0.3 is 14.3 Å². The molecular formula is C27H37N2O3+. The highest BCUT2D eigenvalue weighted by Gasteiger charge is 2.49. The van der Waals surface area contributed by atoms with Gasteiger partial charge in [-0.15, -0.1) is 0 Å². The zero-order valence-electron chi connectivity index (χ0n) is 19.3. The van der Waals surface area contributed by atoms with Crippen LogP contribution >= 0.6 is 0 Å². The highest BCUT2D eigenvalue weighted by Crippen LogP contribution is 2.42. The van der Waals surface area contributed by atoms with Gasteiger partial charge in [-0.3, -0.25) is 4.98 Å². The molecule has 0 radical (unpaired) electrons. The van der Waals surface area contributed by atoms with Crippen molar-refractivity contribution >= 4 is 5.97 Å². The molecule has 172 valence electrons. The molecule has 2 aliphatic rings. The Balaban J connectivity index is 1.40. The lowest BCUT2D eigenvalue weighted by Crippen LogP contribution is -2.55. The molecule has 4 rings (SSSR count). The topological polar surface area (TPSA) is 59.4 Å². The number of carbonyl (C=O) groups is 1. The van der Waals surface area contributed by atoms with Gasteiger partial charge in [-0.2, -0.15) is 0 Å². The second-order valence-corrected chi connectivity index (χ2v) is 9.96. The molecule has 1 saturated carbocycles. The molecular weight excluding hydrogens is 400 g/mol. The third-order valence-electron chi connectivity index (χ3n) is 7.47. The third-order valence-corrected chi connectivity index (χ3v) is 7.47. The molecule has 3 atom stereocenters. The van der Waals surface area contributed by atoms with Crippen LogP contribution in [0.15, 0.2) is 54.7 Å². The average molecular weight is 438 g/mol. The molecule has 2 fully saturated rings. The van der Waals surface area contributed by atoms with Gasteiger partial charge in [0.2, 0.25) is 0 Å². The molecule has 2 aromatic rings. The molecule has 5 heteroatoms. The van der Waals surface area contributed by atoms with Crippen LogP contribution in [0.5, 0.6) is 0 Å². The van der Waals surface area contributed by atoms with E-state index >= 15 is 0 Å². The van der Waals surface area contributed by atoms with Crippen LogP contribution in [0.2, 0.25) is 0 Å². The van der Waals surface area contributed by atoms with E-state index in [0.29, 0.717) is 5.56 Å². The SMILES string of the molecule is C[N@@+]1(CCCc2ccccn2)CCCC(OC(=O)C(O)(c2ccccc2)C2CCCC2)C1. The lowest BCUT2D eigenvalue weighted by molar-refractivity contribution is -0.917. The fourth-order valence-electron chi connectivity index (χ4n) is 5.66. The van der Waals surface area contributed by atoms with Crippen molar-refractivity contribution in [3.05, 3.63) is 66.0 Å². The standard InChI is InChI=1S/C27H37N2O3/c1-29(19-9-16-24-15-7-8-18-28-24)20-10-17-25(21-29)32-26(30)27(31,23-13-5-6-14-23)22-11-3-2-4-12-22/h2-4,7-8,11-12,15,18,23,25,31H,5-6,9-10,13-14,16-17,19-21H2,1H3/q+1/t25?,27?,29-/m1/s1. The van der Waals surface area contributed by atoms with Crippen LogP contribution in [0.25, 0.3) is 0 Å². The Hall–Kier alpha value is -2.24. The number of hydrogen-bond donors (Lipinski definition) is 1. The number of esters is 1. The number of likely N-dealkylation sites (tertiary alicyclic amines) is 1. The molecule has 2 heterocycles. The first-order chi connectivity index (χ1) is 15.5. The van der Waals surface area contributed by atoms with Gasteiger partial charge in [0, 0.05) is 30.7 Å². The van der Waals surface area contributed by atoms with Gasteiger partial charge in [0.05, 0.1) is 20.1 Å². The lowest BCUT2D eigenvalue weighted by Gasteiger charge is -2.42. The number of nitrogens with zero attached hydrogens (tertiary/aromatic N) is 2. The Bertz CT molecular complexity index is 869. The molecule has 0 amide bonds. The summed E-state index contributed by atoms with van der Waals surface area (Å²) in [4.78, 5) is 17.9. The van der Waals surface area contributed by atoms with Crippen LogP contribution in [-0.2, 0) is 21.6 Å². The number of aromatic nitrogens is 1. The number of carbonyl (C=O) groups excluding carboxylic acids is 1. The number of aryl methyl sites for hydroxylation is 1. The van der Waals surface area contributed by atoms with Crippen molar-refractivity contribution in [2.75, 3.05) is 26.7 Å². The number of rotatable bonds is 8. The van der Waals surface area contributed by atoms with E-state index in [0.717, 1.165) is 81.2 Å². The van der Waals surface area contributed by atoms with Gasteiger partial charge in [0.25, 0.3) is 0 Å². The summed E-state index contributed by atoms with van der Waals surface area (Å²) in [6, 6.07) is 15.5. The molecule has 2 unspecified atom stereocenters. The number of pyridine rings is 1. The smallest absolute Gasteiger partial charge is 0.343 e. The quantitative estimate of drug-likeness (QED) is 0.496. The summed E-state index contributed by atoms with van der Waals surface area (Å²) in [6.07, 6.45) is 9.48. The van der Waals surface area contributed by atoms with Gasteiger partial charge in [-0.1, -0.05) is 49.2 Å². The van der Waals surface area contributed by atoms with Crippen molar-refractivity contribution < 1.29 is 19.1 Å². The van der Waals surface area contributed by atoms with E-state index in [-0.39, 0.29) is 12.0 Å². The van der Waals surface area contributed by atoms with Crippen molar-refractivity contribution in [1.29, 1.82) is 0 Å². The third kappa shape index (κ3) is 5.21. The van der Waals surface area contributed by atoms with Crippen molar-refractivity contribution in [2.45, 2.75) is 63.1 Å². The fourth-order valence-corrected chi connectivity index (χ4v) is 5.66. The first kappa shape index (κ1) is 22.9. The van der Waals surface area contributed by atoms with E-state index < -0.39 is 11.6 Å². The maximum absolute atomic E-state index is 13.4. The van der Waals surface area contributed by atoms with Crippen molar-refractivity contribution in [3.63, 3.8) is 0 Å². The van der Waals surface area contributed by atoms with Crippen molar-refractivity contribution in [3.8, 4) is 0 Å². The summed E-state index contributed by atoms with van der Waals surface area (Å²) in [7, 11) is 2.26. The summed E-state index contributed by atoms with van der Waals surface area (Å²) in [5, 5.41) is 11.7. The van der Waals surface area contributed by atoms with E-state index in [1.54, 1.807) is 0 Å². The van der Waals surface area contributed by atoms with Crippen LogP contribution in [0.1, 0.15) is 56.2 Å². The second-order valence-electron chi connectivity index (χ2n) is 9.96. The van der Waals surface area contributed by atoms with Crippen LogP contribution in [-0.4, -0.2) is 53.3 Å². The number of benzene rings is 1. The Morgan fingerprint density at radius 1 is 1.09 bits per heavy atom. The van der Waals surface area contributed by atoms with E-state index in [1.807, 2.05) is 48.7 Å². The Morgan fingerprint density at radius 3 is 2.56 bits per heavy atom. The monoisotopic (exact) mass is 437 g/mol. The molecule has 1 N–H and O–H groups in total. The average Bonchev–Trinajstić information content (AvgIpc) is 3.35. The molecule has 0 bridgehead atoms. The zero-order chi connectivity index (χ0) is 22.4. The second kappa shape index (κ2) is 10.1. The lowest BCUT2D eigenvalue weighted by atomic mass is 9.80. The van der Waals surface area contributed by atoms with E-state index in [9.17, 15) is 9.90 Å². The summed E-state index contributed by atoms with van der Waals surface area (Å²) in [5.41, 5.74) is 0.251. The van der Waals surface area contributed by atoms with Gasteiger partial charge in [-0.05, 0) is 43.4 Å². The molecule has 1 aromatic carbocycles. The molecule has 1 aromatic heterocycles. The minimum atomic E-state index is -1.54. The normalized spacial score (nSPS) is 25.9. The van der Waals surface area contributed by atoms with Gasteiger partial charge in [0.1, 0.15) is 6.54 Å². The Morgan fingerprint density at radius 2 is 1.84 bits per heavy atom. The summed E-state index contributed by atoms with van der Waals surface area (Å²) < 4.78 is 6.97. The summed E-state index contributed by atoms with van der Waals surface area (Å²) in [6.45, 7) is 2.95. The number of ether oxygens (including phenoxy) is 1. The highest BCUT2D eigenvalue weighted by molar-refractivity contribution is 5.81. The van der Waals surface area contributed by atoms with Crippen LogP contribution in [0.3, 0.4) is 0 Å². The van der Waals surface area contributed by atoms with Crippen LogP contribution < -0.4 is 0 Å². The van der Waals surface area contributed by atoms with Gasteiger partial charge in [-0.25, -0.2) is 4.79 Å². The zero-order valence-corrected chi connectivity index (χ0v) is 19.3. The van der Waals surface area contributed by atoms with Gasteiger partial charge >= 0.3 is 5.97 Å². The van der Waals surface area contributed by atoms with E-state index in [2.05, 4.69) is 18.1 Å². The largest absolute Gasteiger partial charge is 0.454 e. The number of likely N-dealkylation sites (N-methyl/N-ethyl adjacent to an activating group) is 1. The minimum absolute atomic E-state index is 0.0692. The van der Waals surface area contributed by atoms with Crippen LogP contribution in [0.4, 0.5) is 0 Å². The first-order valence-electron chi connectivity index (χ1n) is 12.2.